The van der Waals surface area contributed by atoms with E-state index < -0.39 is 11.0 Å². The molecule has 4 N–H and O–H groups in total. The number of rotatable bonds is 1. The van der Waals surface area contributed by atoms with Gasteiger partial charge >= 0.3 is 0 Å². The van der Waals surface area contributed by atoms with Crippen LogP contribution in [0.25, 0.3) is 11.1 Å². The second-order valence-electron chi connectivity index (χ2n) is 8.38. The minimum absolute atomic E-state index is 0.495. The summed E-state index contributed by atoms with van der Waals surface area (Å²) in [6, 6.07) is 12.0. The number of hydrogen-bond acceptors (Lipinski definition) is 6. The number of nitrogens with zero attached hydrogens (tertiary/aromatic N) is 2. The van der Waals surface area contributed by atoms with Crippen LogP contribution in [0.1, 0.15) is 30.5 Å². The van der Waals surface area contributed by atoms with Gasteiger partial charge in [-0.05, 0) is 55.8 Å². The number of aromatic nitrogens is 2. The van der Waals surface area contributed by atoms with Crippen LogP contribution in [0.5, 0.6) is 11.5 Å². The number of nitrogens with one attached hydrogen (secondary N) is 1. The molecule has 0 bridgehead atoms. The topological polar surface area (TPSA) is 93.3 Å². The molecule has 3 aromatic rings. The Bertz CT molecular complexity index is 1270. The van der Waals surface area contributed by atoms with Crippen molar-refractivity contribution in [1.29, 1.82) is 0 Å². The van der Waals surface area contributed by atoms with Gasteiger partial charge in [0, 0.05) is 41.2 Å². The zero-order valence-electron chi connectivity index (χ0n) is 17.3. The molecule has 0 saturated carbocycles. The zero-order valence-corrected chi connectivity index (χ0v) is 17.3. The van der Waals surface area contributed by atoms with Gasteiger partial charge in [-0.25, -0.2) is 9.97 Å². The Hall–Kier alpha value is -3.82. The van der Waals surface area contributed by atoms with Crippen molar-refractivity contribution in [2.75, 3.05) is 6.54 Å². The molecule has 2 aliphatic rings. The summed E-state index contributed by atoms with van der Waals surface area (Å²) in [5.41, 5.74) is 9.36. The van der Waals surface area contributed by atoms with Crippen LogP contribution in [0.4, 0.5) is 0 Å². The first-order valence-electron chi connectivity index (χ1n) is 10.0. The molecule has 5 rings (SSSR count). The Morgan fingerprint density at radius 3 is 2.45 bits per heavy atom. The molecule has 6 heteroatoms. The highest BCUT2D eigenvalue weighted by molar-refractivity contribution is 5.70. The van der Waals surface area contributed by atoms with E-state index in [9.17, 15) is 5.11 Å². The van der Waals surface area contributed by atoms with Gasteiger partial charge in [0.2, 0.25) is 0 Å². The predicted octanol–water partition coefficient (Wildman–Crippen LogP) is 3.06. The van der Waals surface area contributed by atoms with Crippen LogP contribution in [0.3, 0.4) is 0 Å². The van der Waals surface area contributed by atoms with E-state index in [2.05, 4.69) is 33.2 Å². The summed E-state index contributed by atoms with van der Waals surface area (Å²) >= 11 is 0. The molecule has 1 aromatic heterocycles. The van der Waals surface area contributed by atoms with Gasteiger partial charge < -0.3 is 20.9 Å². The van der Waals surface area contributed by atoms with Gasteiger partial charge in [0.05, 0.1) is 11.2 Å². The number of fused-ring (bicyclic) bond motifs is 4. The lowest BCUT2D eigenvalue weighted by molar-refractivity contribution is 0.143. The molecule has 1 spiro atoms. The molecule has 1 atom stereocenters. The maximum absolute atomic E-state index is 9.98. The summed E-state index contributed by atoms with van der Waals surface area (Å²) in [7, 11) is 0. The monoisotopic (exact) mass is 410 g/mol. The van der Waals surface area contributed by atoms with Crippen molar-refractivity contribution in [2.24, 2.45) is 5.73 Å². The summed E-state index contributed by atoms with van der Waals surface area (Å²) < 4.78 is 6.26. The van der Waals surface area contributed by atoms with E-state index in [1.54, 1.807) is 26.2 Å². The summed E-state index contributed by atoms with van der Waals surface area (Å²) in [6.45, 7) is 3.94. The van der Waals surface area contributed by atoms with Crippen molar-refractivity contribution >= 4 is 0 Å². The van der Waals surface area contributed by atoms with Crippen molar-refractivity contribution in [3.8, 4) is 34.5 Å². The lowest BCUT2D eigenvalue weighted by Gasteiger charge is -2.36. The molecular weight excluding hydrogens is 388 g/mol. The van der Waals surface area contributed by atoms with Crippen molar-refractivity contribution in [1.82, 2.24) is 15.3 Å². The van der Waals surface area contributed by atoms with Crippen LogP contribution in [-0.4, -0.2) is 27.2 Å². The van der Waals surface area contributed by atoms with Crippen molar-refractivity contribution < 1.29 is 9.84 Å². The first-order chi connectivity index (χ1) is 14.8. The average Bonchev–Trinajstić information content (AvgIpc) is 3.15. The largest absolute Gasteiger partial charge is 0.457 e. The third-order valence-electron chi connectivity index (χ3n) is 5.52. The third-order valence-corrected chi connectivity index (χ3v) is 5.52. The Morgan fingerprint density at radius 1 is 1.06 bits per heavy atom. The quantitative estimate of drug-likeness (QED) is 0.534. The predicted molar refractivity (Wildman–Crippen MR) is 118 cm³/mol. The zero-order chi connectivity index (χ0) is 21.6. The number of aliphatic hydroxyl groups is 1. The lowest BCUT2D eigenvalue weighted by atomic mass is 9.72. The maximum Gasteiger partial charge on any atom is 0.132 e. The number of nitrogens with two attached hydrogens (primary N) is 1. The molecule has 2 aliphatic heterocycles. The van der Waals surface area contributed by atoms with Gasteiger partial charge in [-0.1, -0.05) is 17.9 Å². The van der Waals surface area contributed by atoms with Gasteiger partial charge in [-0.15, -0.1) is 0 Å². The standard InChI is InChI=1S/C25H22N4O2/c1-24(2,30)8-7-16-3-5-21-19(9-16)25(11-23(26)29-14-25)20-10-17(4-6-22(20)31-21)18-12-27-15-28-13-18/h3-6,9-13,15,29-30H,14,26H2,1-2H3/t25-/m0/s1. The first-order valence-corrected chi connectivity index (χ1v) is 10.0. The van der Waals surface area contributed by atoms with E-state index in [4.69, 9.17) is 10.5 Å². The van der Waals surface area contributed by atoms with Gasteiger partial charge in [0.15, 0.2) is 0 Å². The van der Waals surface area contributed by atoms with Crippen LogP contribution >= 0.6 is 0 Å². The normalized spacial score (nSPS) is 18.7. The molecule has 0 unspecified atom stereocenters. The van der Waals surface area contributed by atoms with Gasteiger partial charge in [0.25, 0.3) is 0 Å². The molecule has 2 aromatic carbocycles. The molecular formula is C25H22N4O2. The second kappa shape index (κ2) is 6.86. The van der Waals surface area contributed by atoms with Crippen molar-refractivity contribution in [2.45, 2.75) is 24.9 Å². The van der Waals surface area contributed by atoms with E-state index in [1.165, 1.54) is 6.33 Å². The van der Waals surface area contributed by atoms with E-state index in [-0.39, 0.29) is 0 Å². The van der Waals surface area contributed by atoms with E-state index in [1.807, 2.05) is 36.4 Å². The van der Waals surface area contributed by atoms with Crippen molar-refractivity contribution in [3.05, 3.63) is 83.7 Å². The number of benzene rings is 2. The molecule has 0 amide bonds. The first kappa shape index (κ1) is 19.2. The fourth-order valence-electron chi connectivity index (χ4n) is 4.08. The Morgan fingerprint density at radius 2 is 1.77 bits per heavy atom. The van der Waals surface area contributed by atoms with E-state index in [0.29, 0.717) is 12.4 Å². The number of ether oxygens (including phenoxy) is 1. The molecule has 154 valence electrons. The van der Waals surface area contributed by atoms with Crippen LogP contribution in [0.15, 0.2) is 67.0 Å². The molecule has 0 fully saturated rings. The Labute approximate surface area is 180 Å². The summed E-state index contributed by atoms with van der Waals surface area (Å²) in [5.74, 6) is 8.13. The van der Waals surface area contributed by atoms with Crippen LogP contribution in [-0.2, 0) is 5.41 Å². The van der Waals surface area contributed by atoms with Gasteiger partial charge in [-0.2, -0.15) is 0 Å². The summed E-state index contributed by atoms with van der Waals surface area (Å²) in [6.07, 6.45) is 7.15. The van der Waals surface area contributed by atoms with Gasteiger partial charge in [-0.3, -0.25) is 0 Å². The highest BCUT2D eigenvalue weighted by Crippen LogP contribution is 2.51. The molecule has 0 radical (unpaired) electrons. The molecule has 0 aliphatic carbocycles. The minimum atomic E-state index is -1.07. The molecule has 6 nitrogen and oxygen atoms in total. The molecule has 3 heterocycles. The Kier molecular flexibility index (Phi) is 4.24. The fraction of sp³-hybridized carbons (Fsp3) is 0.200. The Balaban J connectivity index is 1.69. The third kappa shape index (κ3) is 3.39. The summed E-state index contributed by atoms with van der Waals surface area (Å²) in [4.78, 5) is 8.28. The lowest BCUT2D eigenvalue weighted by Crippen LogP contribution is -2.34. The second-order valence-corrected chi connectivity index (χ2v) is 8.38. The van der Waals surface area contributed by atoms with E-state index in [0.717, 1.165) is 39.3 Å². The van der Waals surface area contributed by atoms with Crippen molar-refractivity contribution in [3.63, 3.8) is 0 Å². The summed E-state index contributed by atoms with van der Waals surface area (Å²) in [5, 5.41) is 13.3. The van der Waals surface area contributed by atoms with E-state index >= 15 is 0 Å². The smallest absolute Gasteiger partial charge is 0.132 e. The molecule has 0 saturated heterocycles. The van der Waals surface area contributed by atoms with Crippen LogP contribution < -0.4 is 15.8 Å². The molecule has 31 heavy (non-hydrogen) atoms. The fourth-order valence-corrected chi connectivity index (χ4v) is 4.08. The highest BCUT2D eigenvalue weighted by atomic mass is 16.5. The highest BCUT2D eigenvalue weighted by Gasteiger charge is 2.44. The van der Waals surface area contributed by atoms with Crippen LogP contribution in [0.2, 0.25) is 0 Å². The van der Waals surface area contributed by atoms with Gasteiger partial charge in [0.1, 0.15) is 23.4 Å². The maximum atomic E-state index is 9.98. The minimum Gasteiger partial charge on any atom is -0.457 e. The van der Waals surface area contributed by atoms with Crippen LogP contribution in [0, 0.1) is 11.8 Å². The SMILES string of the molecule is CC(C)(O)C#Cc1ccc2c(c1)[C@@]1(C=C(N)NC1)c1cc(-c3cncnc3)ccc1O2. The average molecular weight is 410 g/mol. The number of hydrogen-bond donors (Lipinski definition) is 3.